The normalized spacial score (nSPS) is 17.8. The molecule has 1 aliphatic heterocycles. The zero-order chi connectivity index (χ0) is 16.8. The number of carbonyl (C=O) groups is 1. The third kappa shape index (κ3) is 4.49. The van der Waals surface area contributed by atoms with Gasteiger partial charge in [0.1, 0.15) is 12.4 Å². The van der Waals surface area contributed by atoms with Gasteiger partial charge in [0, 0.05) is 23.2 Å². The summed E-state index contributed by atoms with van der Waals surface area (Å²) < 4.78 is 16.2. The van der Waals surface area contributed by atoms with Crippen LogP contribution < -0.4 is 10.1 Å². The van der Waals surface area contributed by atoms with Crippen molar-refractivity contribution in [3.8, 4) is 5.75 Å². The molecular weight excluding hydrogens is 308 g/mol. The number of hydrogen-bond acceptors (Lipinski definition) is 4. The molecule has 1 aromatic heterocycles. The van der Waals surface area contributed by atoms with E-state index in [4.69, 9.17) is 14.2 Å². The number of hydrogen-bond donors (Lipinski definition) is 2. The molecule has 6 nitrogen and oxygen atoms in total. The van der Waals surface area contributed by atoms with Gasteiger partial charge in [-0.05, 0) is 43.5 Å². The van der Waals surface area contributed by atoms with Crippen molar-refractivity contribution in [2.45, 2.75) is 31.9 Å². The van der Waals surface area contributed by atoms with Gasteiger partial charge in [0.05, 0.1) is 26.4 Å². The van der Waals surface area contributed by atoms with Crippen molar-refractivity contribution < 1.29 is 19.0 Å². The molecule has 0 spiro atoms. The third-order valence-electron chi connectivity index (χ3n) is 4.17. The van der Waals surface area contributed by atoms with E-state index in [0.29, 0.717) is 13.2 Å². The van der Waals surface area contributed by atoms with E-state index in [1.807, 2.05) is 24.3 Å². The molecule has 3 rings (SSSR count). The first kappa shape index (κ1) is 16.8. The van der Waals surface area contributed by atoms with Gasteiger partial charge in [-0.3, -0.25) is 4.79 Å². The number of methoxy groups -OCH3 is 1. The molecule has 1 atom stereocenters. The molecule has 24 heavy (non-hydrogen) atoms. The van der Waals surface area contributed by atoms with Gasteiger partial charge in [-0.1, -0.05) is 0 Å². The number of fused-ring (bicyclic) bond motifs is 1. The van der Waals surface area contributed by atoms with Gasteiger partial charge in [0.15, 0.2) is 0 Å². The van der Waals surface area contributed by atoms with Crippen LogP contribution in [0.5, 0.6) is 5.75 Å². The fraction of sp³-hybridized carbons (Fsp3) is 0.500. The van der Waals surface area contributed by atoms with Gasteiger partial charge in [0.25, 0.3) is 0 Å². The second-order valence-corrected chi connectivity index (χ2v) is 6.03. The van der Waals surface area contributed by atoms with Crippen molar-refractivity contribution in [3.05, 3.63) is 30.0 Å². The number of benzene rings is 1. The van der Waals surface area contributed by atoms with Gasteiger partial charge in [-0.15, -0.1) is 0 Å². The fourth-order valence-corrected chi connectivity index (χ4v) is 2.86. The molecule has 0 bridgehead atoms. The van der Waals surface area contributed by atoms with Crippen molar-refractivity contribution >= 4 is 16.8 Å². The zero-order valence-corrected chi connectivity index (χ0v) is 14.0. The van der Waals surface area contributed by atoms with Crippen molar-refractivity contribution in [1.29, 1.82) is 0 Å². The molecule has 6 heteroatoms. The predicted octanol–water partition coefficient (Wildman–Crippen LogP) is 2.38. The Labute approximate surface area is 141 Å². The molecule has 1 unspecified atom stereocenters. The minimum absolute atomic E-state index is 0.0634. The average Bonchev–Trinajstić information content (AvgIpc) is 3.03. The summed E-state index contributed by atoms with van der Waals surface area (Å²) in [6, 6.07) is 7.84. The Morgan fingerprint density at radius 2 is 2.29 bits per heavy atom. The van der Waals surface area contributed by atoms with Gasteiger partial charge in [0.2, 0.25) is 5.91 Å². The van der Waals surface area contributed by atoms with Crippen molar-refractivity contribution in [1.82, 2.24) is 10.3 Å². The highest BCUT2D eigenvalue weighted by Gasteiger charge is 2.14. The molecular formula is C18H24N2O4. The lowest BCUT2D eigenvalue weighted by atomic mass is 10.1. The Bertz CT molecular complexity index is 677. The summed E-state index contributed by atoms with van der Waals surface area (Å²) in [5, 5.41) is 3.92. The Morgan fingerprint density at radius 1 is 1.38 bits per heavy atom. The summed E-state index contributed by atoms with van der Waals surface area (Å²) in [5.74, 6) is 0.692. The van der Waals surface area contributed by atoms with E-state index in [2.05, 4.69) is 10.3 Å². The number of ether oxygens (including phenoxy) is 3. The number of H-pyrrole nitrogens is 1. The van der Waals surface area contributed by atoms with E-state index in [9.17, 15) is 4.79 Å². The quantitative estimate of drug-likeness (QED) is 0.816. The van der Waals surface area contributed by atoms with Gasteiger partial charge >= 0.3 is 0 Å². The molecule has 130 valence electrons. The van der Waals surface area contributed by atoms with Crippen LogP contribution in [0.3, 0.4) is 0 Å². The van der Waals surface area contributed by atoms with Crippen LogP contribution >= 0.6 is 0 Å². The topological polar surface area (TPSA) is 72.6 Å². The van der Waals surface area contributed by atoms with E-state index >= 15 is 0 Å². The van der Waals surface area contributed by atoms with Crippen LogP contribution in [0.2, 0.25) is 0 Å². The van der Waals surface area contributed by atoms with E-state index in [-0.39, 0.29) is 18.6 Å². The fourth-order valence-electron chi connectivity index (χ4n) is 2.86. The lowest BCUT2D eigenvalue weighted by Gasteiger charge is -2.22. The van der Waals surface area contributed by atoms with Crippen LogP contribution in [-0.4, -0.2) is 43.9 Å². The maximum Gasteiger partial charge on any atom is 0.246 e. The van der Waals surface area contributed by atoms with Crippen LogP contribution in [0.15, 0.2) is 24.3 Å². The molecule has 0 radical (unpaired) electrons. The van der Waals surface area contributed by atoms with E-state index in [1.165, 1.54) is 6.42 Å². The number of aromatic nitrogens is 1. The molecule has 1 saturated heterocycles. The molecule has 1 amide bonds. The second kappa shape index (κ2) is 8.17. The molecule has 0 saturated carbocycles. The van der Waals surface area contributed by atoms with E-state index in [1.54, 1.807) is 7.11 Å². The molecule has 1 aliphatic rings. The number of amides is 1. The highest BCUT2D eigenvalue weighted by molar-refractivity contribution is 5.82. The second-order valence-electron chi connectivity index (χ2n) is 6.03. The van der Waals surface area contributed by atoms with Crippen LogP contribution in [0.1, 0.15) is 25.0 Å². The van der Waals surface area contributed by atoms with E-state index < -0.39 is 0 Å². The third-order valence-corrected chi connectivity index (χ3v) is 4.17. The van der Waals surface area contributed by atoms with Crippen molar-refractivity contribution in [2.24, 2.45) is 0 Å². The number of nitrogens with one attached hydrogen (secondary N) is 2. The van der Waals surface area contributed by atoms with Crippen LogP contribution in [0, 0.1) is 0 Å². The van der Waals surface area contributed by atoms with E-state index in [0.717, 1.165) is 41.8 Å². The highest BCUT2D eigenvalue weighted by atomic mass is 16.5. The van der Waals surface area contributed by atoms with Crippen LogP contribution in [-0.2, 0) is 20.8 Å². The molecule has 2 heterocycles. The predicted molar refractivity (Wildman–Crippen MR) is 91.1 cm³/mol. The van der Waals surface area contributed by atoms with Gasteiger partial charge in [-0.2, -0.15) is 0 Å². The number of carbonyl (C=O) groups excluding carboxylic acids is 1. The SMILES string of the molecule is COc1ccc2[nH]c(CNC(=O)COCC3CCCCO3)cc2c1. The van der Waals surface area contributed by atoms with Crippen LogP contribution in [0.25, 0.3) is 10.9 Å². The van der Waals surface area contributed by atoms with Gasteiger partial charge < -0.3 is 24.5 Å². The minimum Gasteiger partial charge on any atom is -0.497 e. The first-order chi connectivity index (χ1) is 11.7. The van der Waals surface area contributed by atoms with Crippen molar-refractivity contribution in [3.63, 3.8) is 0 Å². The summed E-state index contributed by atoms with van der Waals surface area (Å²) >= 11 is 0. The summed E-state index contributed by atoms with van der Waals surface area (Å²) in [5.41, 5.74) is 1.97. The lowest BCUT2D eigenvalue weighted by molar-refractivity contribution is -0.128. The van der Waals surface area contributed by atoms with Crippen molar-refractivity contribution in [2.75, 3.05) is 26.9 Å². The molecule has 1 aromatic carbocycles. The Balaban J connectivity index is 1.42. The zero-order valence-electron chi connectivity index (χ0n) is 14.0. The Morgan fingerprint density at radius 3 is 3.08 bits per heavy atom. The minimum atomic E-state index is -0.123. The number of rotatable bonds is 7. The average molecular weight is 332 g/mol. The van der Waals surface area contributed by atoms with Gasteiger partial charge in [-0.25, -0.2) is 0 Å². The Kier molecular flexibility index (Phi) is 5.72. The Hall–Kier alpha value is -2.05. The monoisotopic (exact) mass is 332 g/mol. The largest absolute Gasteiger partial charge is 0.497 e. The van der Waals surface area contributed by atoms with Crippen LogP contribution in [0.4, 0.5) is 0 Å². The number of aromatic amines is 1. The molecule has 2 aromatic rings. The summed E-state index contributed by atoms with van der Waals surface area (Å²) in [7, 11) is 1.65. The first-order valence-corrected chi connectivity index (χ1v) is 8.36. The summed E-state index contributed by atoms with van der Waals surface area (Å²) in [6.07, 6.45) is 3.44. The maximum absolute atomic E-state index is 11.9. The highest BCUT2D eigenvalue weighted by Crippen LogP contribution is 2.21. The maximum atomic E-state index is 11.9. The standard InChI is InChI=1S/C18H24N2O4/c1-22-15-5-6-17-13(9-15)8-14(20-17)10-19-18(21)12-23-11-16-4-2-3-7-24-16/h5-6,8-9,16,20H,2-4,7,10-12H2,1H3,(H,19,21). The first-order valence-electron chi connectivity index (χ1n) is 8.36. The smallest absolute Gasteiger partial charge is 0.246 e. The summed E-state index contributed by atoms with van der Waals surface area (Å²) in [4.78, 5) is 15.1. The molecule has 1 fully saturated rings. The summed E-state index contributed by atoms with van der Waals surface area (Å²) in [6.45, 7) is 1.79. The molecule has 2 N–H and O–H groups in total. The lowest BCUT2D eigenvalue weighted by Crippen LogP contribution is -2.30. The molecule has 0 aliphatic carbocycles.